The summed E-state index contributed by atoms with van der Waals surface area (Å²) in [6, 6.07) is 4.51. The molecule has 5 N–H and O–H groups in total. The van der Waals surface area contributed by atoms with Gasteiger partial charge in [-0.15, -0.1) is 10.6 Å². The van der Waals surface area contributed by atoms with Gasteiger partial charge in [0.1, 0.15) is 5.60 Å². The van der Waals surface area contributed by atoms with Crippen LogP contribution in [0.25, 0.3) is 0 Å². The Balaban J connectivity index is 2.18. The lowest BCUT2D eigenvalue weighted by molar-refractivity contribution is 0.0482. The Labute approximate surface area is 139 Å². The van der Waals surface area contributed by atoms with E-state index in [1.807, 2.05) is 0 Å². The molecule has 1 aliphatic heterocycles. The van der Waals surface area contributed by atoms with E-state index in [1.165, 1.54) is 0 Å². The van der Waals surface area contributed by atoms with E-state index in [-0.39, 0.29) is 6.61 Å². The number of nitrogens with one attached hydrogen (secondary N) is 4. The largest absolute Gasteiger partial charge is 0.444 e. The zero-order valence-corrected chi connectivity index (χ0v) is 13.9. The van der Waals surface area contributed by atoms with Gasteiger partial charge >= 0.3 is 6.09 Å². The fraction of sp³-hybridized carbons (Fsp3) is 0.429. The van der Waals surface area contributed by atoms with Gasteiger partial charge in [0.2, 0.25) is 0 Å². The first-order valence-electron chi connectivity index (χ1n) is 7.04. The third-order valence-corrected chi connectivity index (χ3v) is 3.26. The van der Waals surface area contributed by atoms with Crippen molar-refractivity contribution in [2.45, 2.75) is 32.4 Å². The summed E-state index contributed by atoms with van der Waals surface area (Å²) in [4.78, 5) is 11.9. The van der Waals surface area contributed by atoms with Crippen molar-refractivity contribution in [2.75, 3.05) is 6.61 Å². The number of ether oxygens (including phenoxy) is 1. The number of benzene rings is 1. The molecule has 1 heterocycles. The molecule has 0 saturated heterocycles. The van der Waals surface area contributed by atoms with Crippen LogP contribution in [0.1, 0.15) is 37.9 Å². The molecule has 1 atom stereocenters. The average Bonchev–Trinajstić information content (AvgIpc) is 2.97. The van der Waals surface area contributed by atoms with Crippen molar-refractivity contribution in [2.24, 2.45) is 5.10 Å². The number of halogens is 1. The summed E-state index contributed by atoms with van der Waals surface area (Å²) in [5.41, 5.74) is 8.65. The molecular formula is C14H20ClN5O3. The number of hydrogen-bond acceptors (Lipinski definition) is 7. The number of rotatable bonds is 4. The highest BCUT2D eigenvalue weighted by molar-refractivity contribution is 6.34. The van der Waals surface area contributed by atoms with Gasteiger partial charge in [0.15, 0.2) is 5.84 Å². The van der Waals surface area contributed by atoms with E-state index >= 15 is 0 Å². The molecule has 0 aromatic heterocycles. The minimum atomic E-state index is -0.621. The first-order chi connectivity index (χ1) is 10.8. The molecule has 23 heavy (non-hydrogen) atoms. The third-order valence-electron chi connectivity index (χ3n) is 2.93. The second-order valence-electron chi connectivity index (χ2n) is 5.94. The molecule has 2 rings (SSSR count). The highest BCUT2D eigenvalue weighted by Gasteiger charge is 2.21. The second kappa shape index (κ2) is 7.03. The molecule has 0 radical (unpaired) electrons. The predicted molar refractivity (Wildman–Crippen MR) is 86.6 cm³/mol. The lowest BCUT2D eigenvalue weighted by atomic mass is 10.0. The molecule has 0 bridgehead atoms. The van der Waals surface area contributed by atoms with Crippen LogP contribution in [-0.4, -0.2) is 29.2 Å². The smallest absolute Gasteiger partial charge is 0.408 e. The minimum absolute atomic E-state index is 0.281. The van der Waals surface area contributed by atoms with E-state index in [4.69, 9.17) is 16.3 Å². The molecular weight excluding hydrogens is 322 g/mol. The fourth-order valence-corrected chi connectivity index (χ4v) is 2.16. The van der Waals surface area contributed by atoms with Gasteiger partial charge in [-0.25, -0.2) is 10.3 Å². The molecule has 1 amide bonds. The van der Waals surface area contributed by atoms with Gasteiger partial charge < -0.3 is 15.2 Å². The van der Waals surface area contributed by atoms with E-state index in [0.29, 0.717) is 22.0 Å². The van der Waals surface area contributed by atoms with Gasteiger partial charge in [0.25, 0.3) is 0 Å². The van der Waals surface area contributed by atoms with E-state index < -0.39 is 17.7 Å². The predicted octanol–water partition coefficient (Wildman–Crippen LogP) is 1.17. The Morgan fingerprint density at radius 3 is 2.78 bits per heavy atom. The summed E-state index contributed by atoms with van der Waals surface area (Å²) < 4.78 is 5.20. The van der Waals surface area contributed by atoms with Crippen molar-refractivity contribution >= 4 is 23.5 Å². The number of hydrazone groups is 1. The zero-order valence-electron chi connectivity index (χ0n) is 13.1. The summed E-state index contributed by atoms with van der Waals surface area (Å²) >= 11 is 6.17. The lowest BCUT2D eigenvalue weighted by Crippen LogP contribution is -2.37. The number of nitrogens with zero attached hydrogens (tertiary/aromatic N) is 1. The molecule has 1 aliphatic rings. The number of carbonyl (C=O) groups is 1. The van der Waals surface area contributed by atoms with Crippen LogP contribution in [0.2, 0.25) is 5.02 Å². The maximum atomic E-state index is 11.9. The van der Waals surface area contributed by atoms with Crippen molar-refractivity contribution in [1.29, 1.82) is 0 Å². The van der Waals surface area contributed by atoms with Crippen LogP contribution in [0.15, 0.2) is 23.3 Å². The van der Waals surface area contributed by atoms with Crippen LogP contribution < -0.4 is 21.8 Å². The fourth-order valence-electron chi connectivity index (χ4n) is 1.95. The topological polar surface area (TPSA) is 107 Å². The molecule has 9 heteroatoms. The highest BCUT2D eigenvalue weighted by atomic mass is 35.5. The monoisotopic (exact) mass is 341 g/mol. The summed E-state index contributed by atoms with van der Waals surface area (Å²) in [7, 11) is 0. The van der Waals surface area contributed by atoms with Gasteiger partial charge in [-0.2, -0.15) is 0 Å². The maximum absolute atomic E-state index is 11.9. The second-order valence-corrected chi connectivity index (χ2v) is 6.35. The number of aliphatic hydroxyl groups is 1. The maximum Gasteiger partial charge on any atom is 0.408 e. The molecule has 0 aliphatic carbocycles. The number of amides is 1. The summed E-state index contributed by atoms with van der Waals surface area (Å²) in [5.74, 6) is 0.505. The number of hydrazine groups is 2. The third kappa shape index (κ3) is 4.72. The van der Waals surface area contributed by atoms with Crippen molar-refractivity contribution < 1.29 is 14.6 Å². The van der Waals surface area contributed by atoms with Crippen LogP contribution >= 0.6 is 11.6 Å². The standard InChI is InChI=1S/C14H20ClN5O3/c1-14(2,3)23-13(22)16-11(7-21)8-4-5-10(15)9(6-8)12-17-19-20-18-12/h4-6,11,19-21H,7H2,1-3H3,(H,16,22)(H,17,18)/t11-/m1/s1. The first kappa shape index (κ1) is 17.3. The van der Waals surface area contributed by atoms with Gasteiger partial charge in [0.05, 0.1) is 17.7 Å². The molecule has 0 saturated carbocycles. The number of carbonyl (C=O) groups excluding carboxylic acids is 1. The first-order valence-corrected chi connectivity index (χ1v) is 7.42. The summed E-state index contributed by atoms with van der Waals surface area (Å²) in [5, 5.41) is 16.7. The molecule has 0 unspecified atom stereocenters. The zero-order chi connectivity index (χ0) is 17.0. The van der Waals surface area contributed by atoms with Crippen LogP contribution in [0.4, 0.5) is 4.79 Å². The average molecular weight is 342 g/mol. The van der Waals surface area contributed by atoms with E-state index in [2.05, 4.69) is 26.9 Å². The van der Waals surface area contributed by atoms with Crippen molar-refractivity contribution in [3.05, 3.63) is 34.3 Å². The van der Waals surface area contributed by atoms with Crippen molar-refractivity contribution in [3.8, 4) is 0 Å². The minimum Gasteiger partial charge on any atom is -0.444 e. The number of alkyl carbamates (subject to hydrolysis) is 1. The normalized spacial score (nSPS) is 15.3. The Bertz CT molecular complexity index is 615. The van der Waals surface area contributed by atoms with Crippen LogP contribution in [0.3, 0.4) is 0 Å². The van der Waals surface area contributed by atoms with Gasteiger partial charge in [0, 0.05) is 5.56 Å². The molecule has 0 spiro atoms. The van der Waals surface area contributed by atoms with Gasteiger partial charge in [-0.05, 0) is 38.5 Å². The van der Waals surface area contributed by atoms with Crippen molar-refractivity contribution in [3.63, 3.8) is 0 Å². The van der Waals surface area contributed by atoms with E-state index in [1.54, 1.807) is 39.0 Å². The lowest BCUT2D eigenvalue weighted by Gasteiger charge is -2.23. The molecule has 126 valence electrons. The van der Waals surface area contributed by atoms with E-state index in [0.717, 1.165) is 0 Å². The summed E-state index contributed by atoms with van der Waals surface area (Å²) in [6.45, 7) is 5.03. The van der Waals surface area contributed by atoms with Crippen molar-refractivity contribution in [1.82, 2.24) is 21.8 Å². The number of amidine groups is 1. The van der Waals surface area contributed by atoms with Gasteiger partial charge in [-0.1, -0.05) is 17.7 Å². The Kier molecular flexibility index (Phi) is 5.30. The number of hydrogen-bond donors (Lipinski definition) is 5. The van der Waals surface area contributed by atoms with Gasteiger partial charge in [-0.3, -0.25) is 5.43 Å². The molecule has 8 nitrogen and oxygen atoms in total. The molecule has 0 fully saturated rings. The highest BCUT2D eigenvalue weighted by Crippen LogP contribution is 2.22. The Morgan fingerprint density at radius 2 is 2.22 bits per heavy atom. The van der Waals surface area contributed by atoms with E-state index in [9.17, 15) is 9.90 Å². The van der Waals surface area contributed by atoms with Crippen LogP contribution in [0.5, 0.6) is 0 Å². The van der Waals surface area contributed by atoms with Crippen LogP contribution in [-0.2, 0) is 4.74 Å². The summed E-state index contributed by atoms with van der Waals surface area (Å²) in [6.07, 6.45) is -0.604. The Morgan fingerprint density at radius 1 is 1.48 bits per heavy atom. The van der Waals surface area contributed by atoms with Crippen LogP contribution in [0, 0.1) is 0 Å². The SMILES string of the molecule is CC(C)(C)OC(=O)N[C@H](CO)c1ccc(Cl)c(C2=NNNN2)c1. The Hall–Kier alpha value is -2.03. The number of aliphatic hydroxyl groups excluding tert-OH is 1. The molecule has 1 aromatic rings. The quantitative estimate of drug-likeness (QED) is 0.563. The molecule has 1 aromatic carbocycles.